The van der Waals surface area contributed by atoms with Gasteiger partial charge in [0, 0.05) is 6.20 Å². The van der Waals surface area contributed by atoms with Crippen LogP contribution in [-0.2, 0) is 4.74 Å². The average Bonchev–Trinajstić information content (AvgIpc) is 2.35. The summed E-state index contributed by atoms with van der Waals surface area (Å²) in [5, 5.41) is 0. The molecule has 4 heteroatoms. The second-order valence-corrected chi connectivity index (χ2v) is 3.16. The Morgan fingerprint density at radius 1 is 1.73 bits per heavy atom. The topological polar surface area (TPSA) is 39.2 Å². The minimum absolute atomic E-state index is 0.0652. The maximum absolute atomic E-state index is 11.1. The Balaban J connectivity index is 2.57. The molecule has 1 heterocycles. The second kappa shape index (κ2) is 3.48. The van der Waals surface area contributed by atoms with Crippen LogP contribution in [0.3, 0.4) is 0 Å². The van der Waals surface area contributed by atoms with E-state index in [9.17, 15) is 4.79 Å². The zero-order valence-corrected chi connectivity index (χ0v) is 7.22. The molecule has 60 valence electrons. The normalized spacial score (nSPS) is 10.1. The molecule has 0 aromatic carbocycles. The summed E-state index contributed by atoms with van der Waals surface area (Å²) in [6, 6.07) is 1.65. The molecule has 0 saturated carbocycles. The Labute approximate surface area is 69.2 Å². The van der Waals surface area contributed by atoms with Crippen LogP contribution in [0.5, 0.6) is 0 Å². The minimum Gasteiger partial charge on any atom is -0.459 e. The van der Waals surface area contributed by atoms with E-state index in [1.807, 2.05) is 13.8 Å². The summed E-state index contributed by atoms with van der Waals surface area (Å²) in [4.78, 5) is 11.6. The van der Waals surface area contributed by atoms with Crippen LogP contribution in [0.2, 0.25) is 0 Å². The molecule has 0 aliphatic rings. The van der Waals surface area contributed by atoms with Gasteiger partial charge in [0.1, 0.15) is 4.88 Å². The van der Waals surface area contributed by atoms with E-state index >= 15 is 0 Å². The van der Waals surface area contributed by atoms with Crippen LogP contribution < -0.4 is 0 Å². The van der Waals surface area contributed by atoms with E-state index in [0.29, 0.717) is 4.88 Å². The SMILES string of the molecule is CC(C)OC(=O)c1ccns1. The first kappa shape index (κ1) is 8.20. The number of aromatic nitrogens is 1. The van der Waals surface area contributed by atoms with Gasteiger partial charge in [0.25, 0.3) is 0 Å². The standard InChI is InChI=1S/C7H9NO2S/c1-5(2)10-7(9)6-3-4-8-11-6/h3-5H,1-2H3. The third kappa shape index (κ3) is 2.31. The van der Waals surface area contributed by atoms with Gasteiger partial charge in [-0.1, -0.05) is 0 Å². The molecule has 11 heavy (non-hydrogen) atoms. The van der Waals surface area contributed by atoms with Gasteiger partial charge in [0.05, 0.1) is 6.10 Å². The molecule has 0 radical (unpaired) electrons. The number of carbonyl (C=O) groups excluding carboxylic acids is 1. The molecule has 0 amide bonds. The molecule has 0 spiro atoms. The van der Waals surface area contributed by atoms with Crippen molar-refractivity contribution in [1.29, 1.82) is 0 Å². The van der Waals surface area contributed by atoms with Gasteiger partial charge in [-0.2, -0.15) is 0 Å². The van der Waals surface area contributed by atoms with E-state index < -0.39 is 0 Å². The van der Waals surface area contributed by atoms with Crippen molar-refractivity contribution >= 4 is 17.5 Å². The van der Waals surface area contributed by atoms with Crippen LogP contribution in [0.1, 0.15) is 23.5 Å². The number of esters is 1. The van der Waals surface area contributed by atoms with Crippen molar-refractivity contribution in [3.8, 4) is 0 Å². The number of hydrogen-bond donors (Lipinski definition) is 0. The molecule has 0 atom stereocenters. The number of hydrogen-bond acceptors (Lipinski definition) is 4. The zero-order valence-electron chi connectivity index (χ0n) is 6.40. The fourth-order valence-corrected chi connectivity index (χ4v) is 1.07. The summed E-state index contributed by atoms with van der Waals surface area (Å²) in [6.45, 7) is 3.64. The third-order valence-electron chi connectivity index (χ3n) is 0.982. The third-order valence-corrected chi connectivity index (χ3v) is 1.71. The van der Waals surface area contributed by atoms with Gasteiger partial charge in [-0.05, 0) is 31.4 Å². The Kier molecular flexibility index (Phi) is 2.59. The average molecular weight is 171 g/mol. The lowest BCUT2D eigenvalue weighted by Crippen LogP contribution is -2.09. The first-order valence-electron chi connectivity index (χ1n) is 3.32. The molecule has 0 saturated heterocycles. The monoisotopic (exact) mass is 171 g/mol. The Morgan fingerprint density at radius 2 is 2.45 bits per heavy atom. The first-order chi connectivity index (χ1) is 5.20. The predicted molar refractivity (Wildman–Crippen MR) is 42.7 cm³/mol. The molecule has 0 aliphatic heterocycles. The highest BCUT2D eigenvalue weighted by Gasteiger charge is 2.09. The Hall–Kier alpha value is -0.900. The van der Waals surface area contributed by atoms with E-state index in [1.54, 1.807) is 12.3 Å². The maximum Gasteiger partial charge on any atom is 0.350 e. The summed E-state index contributed by atoms with van der Waals surface area (Å²) in [5.74, 6) is -0.289. The van der Waals surface area contributed by atoms with Crippen molar-refractivity contribution < 1.29 is 9.53 Å². The molecule has 0 aliphatic carbocycles. The van der Waals surface area contributed by atoms with Gasteiger partial charge in [-0.3, -0.25) is 0 Å². The lowest BCUT2D eigenvalue weighted by atomic mass is 10.4. The van der Waals surface area contributed by atoms with Gasteiger partial charge in [0.15, 0.2) is 0 Å². The number of ether oxygens (including phenoxy) is 1. The first-order valence-corrected chi connectivity index (χ1v) is 4.09. The molecule has 0 bridgehead atoms. The lowest BCUT2D eigenvalue weighted by molar-refractivity contribution is 0.0384. The molecule has 0 fully saturated rings. The van der Waals surface area contributed by atoms with E-state index in [2.05, 4.69) is 4.37 Å². The molecule has 1 aromatic heterocycles. The van der Waals surface area contributed by atoms with Crippen LogP contribution in [0.4, 0.5) is 0 Å². The van der Waals surface area contributed by atoms with Crippen LogP contribution in [0.25, 0.3) is 0 Å². The smallest absolute Gasteiger partial charge is 0.350 e. The lowest BCUT2D eigenvalue weighted by Gasteiger charge is -2.04. The van der Waals surface area contributed by atoms with Crippen LogP contribution in [0, 0.1) is 0 Å². The van der Waals surface area contributed by atoms with Crippen LogP contribution in [-0.4, -0.2) is 16.4 Å². The zero-order chi connectivity index (χ0) is 8.27. The van der Waals surface area contributed by atoms with Crippen molar-refractivity contribution in [1.82, 2.24) is 4.37 Å². The maximum atomic E-state index is 11.1. The van der Waals surface area contributed by atoms with E-state index in [-0.39, 0.29) is 12.1 Å². The minimum atomic E-state index is -0.289. The van der Waals surface area contributed by atoms with E-state index in [0.717, 1.165) is 11.5 Å². The number of nitrogens with zero attached hydrogens (tertiary/aromatic N) is 1. The highest BCUT2D eigenvalue weighted by molar-refractivity contribution is 7.07. The highest BCUT2D eigenvalue weighted by atomic mass is 32.1. The van der Waals surface area contributed by atoms with Gasteiger partial charge >= 0.3 is 5.97 Å². The summed E-state index contributed by atoms with van der Waals surface area (Å²) in [5.41, 5.74) is 0. The second-order valence-electron chi connectivity index (χ2n) is 2.33. The van der Waals surface area contributed by atoms with Gasteiger partial charge < -0.3 is 4.74 Å². The fraction of sp³-hybridized carbons (Fsp3) is 0.429. The largest absolute Gasteiger partial charge is 0.459 e. The molecule has 0 N–H and O–H groups in total. The van der Waals surface area contributed by atoms with Crippen molar-refractivity contribution in [3.63, 3.8) is 0 Å². The van der Waals surface area contributed by atoms with Gasteiger partial charge in [-0.15, -0.1) is 0 Å². The summed E-state index contributed by atoms with van der Waals surface area (Å²) >= 11 is 1.15. The number of rotatable bonds is 2. The van der Waals surface area contributed by atoms with Crippen molar-refractivity contribution in [2.75, 3.05) is 0 Å². The highest BCUT2D eigenvalue weighted by Crippen LogP contribution is 2.07. The van der Waals surface area contributed by atoms with Crippen LogP contribution in [0.15, 0.2) is 12.3 Å². The van der Waals surface area contributed by atoms with Crippen LogP contribution >= 0.6 is 11.5 Å². The van der Waals surface area contributed by atoms with Gasteiger partial charge in [-0.25, -0.2) is 9.17 Å². The van der Waals surface area contributed by atoms with E-state index in [1.165, 1.54) is 0 Å². The predicted octanol–water partition coefficient (Wildman–Crippen LogP) is 1.71. The summed E-state index contributed by atoms with van der Waals surface area (Å²) in [7, 11) is 0. The summed E-state index contributed by atoms with van der Waals surface area (Å²) in [6.07, 6.45) is 1.52. The fourth-order valence-electron chi connectivity index (χ4n) is 0.593. The van der Waals surface area contributed by atoms with Crippen molar-refractivity contribution in [3.05, 3.63) is 17.1 Å². The van der Waals surface area contributed by atoms with Gasteiger partial charge in [0.2, 0.25) is 0 Å². The molecule has 3 nitrogen and oxygen atoms in total. The Bertz CT molecular complexity index is 231. The quantitative estimate of drug-likeness (QED) is 0.636. The molecule has 1 aromatic rings. The molecular formula is C7H9NO2S. The van der Waals surface area contributed by atoms with Crippen molar-refractivity contribution in [2.24, 2.45) is 0 Å². The Morgan fingerprint density at radius 3 is 2.91 bits per heavy atom. The van der Waals surface area contributed by atoms with E-state index in [4.69, 9.17) is 4.74 Å². The number of carbonyl (C=O) groups is 1. The molecular weight excluding hydrogens is 162 g/mol. The van der Waals surface area contributed by atoms with Crippen molar-refractivity contribution in [2.45, 2.75) is 20.0 Å². The molecule has 0 unspecified atom stereocenters. The molecule has 1 rings (SSSR count). The summed E-state index contributed by atoms with van der Waals surface area (Å²) < 4.78 is 8.72.